The van der Waals surface area contributed by atoms with Gasteiger partial charge in [-0.2, -0.15) is 5.26 Å². The Morgan fingerprint density at radius 1 is 1.12 bits per heavy atom. The fourth-order valence-corrected chi connectivity index (χ4v) is 5.79. The summed E-state index contributed by atoms with van der Waals surface area (Å²) in [5.74, 6) is 0.667. The Morgan fingerprint density at radius 2 is 1.82 bits per heavy atom. The van der Waals surface area contributed by atoms with Crippen LogP contribution in [-0.4, -0.2) is 68.4 Å². The van der Waals surface area contributed by atoms with Gasteiger partial charge in [-0.15, -0.1) is 0 Å². The van der Waals surface area contributed by atoms with Crippen LogP contribution in [0.2, 0.25) is 0 Å². The van der Waals surface area contributed by atoms with Crippen molar-refractivity contribution >= 4 is 17.5 Å². The molecule has 2 aliphatic heterocycles. The number of nitrogens with zero attached hydrogens (tertiary/aromatic N) is 5. The molecule has 8 nitrogen and oxygen atoms in total. The van der Waals surface area contributed by atoms with Crippen molar-refractivity contribution in [3.63, 3.8) is 0 Å². The SMILES string of the molecule is CN(C)[C@]1(c2ccccc2)CC[C@]2(CC1)CN(c1cnc(N3CCOCC3)c(C#N)c1)C(=O)N2. The Labute approximate surface area is 201 Å². The van der Waals surface area contributed by atoms with Crippen LogP contribution in [0.1, 0.15) is 36.8 Å². The second kappa shape index (κ2) is 8.90. The molecule has 3 heterocycles. The molecular formula is C26H32N6O2. The second-order valence-electron chi connectivity index (χ2n) is 9.86. The summed E-state index contributed by atoms with van der Waals surface area (Å²) in [4.78, 5) is 23.8. The number of rotatable bonds is 4. The van der Waals surface area contributed by atoms with Crippen molar-refractivity contribution < 1.29 is 9.53 Å². The Kier molecular flexibility index (Phi) is 5.92. The van der Waals surface area contributed by atoms with Gasteiger partial charge in [0.15, 0.2) is 0 Å². The summed E-state index contributed by atoms with van der Waals surface area (Å²) < 4.78 is 5.42. The highest BCUT2D eigenvalue weighted by molar-refractivity contribution is 5.95. The molecular weight excluding hydrogens is 428 g/mol. The van der Waals surface area contributed by atoms with Crippen molar-refractivity contribution in [2.45, 2.75) is 36.8 Å². The molecule has 2 amide bonds. The standard InChI is InChI=1S/C26H32N6O2/c1-30(2)26(21-6-4-3-5-7-21)10-8-25(9-11-26)19-32(24(33)29-25)22-16-20(17-27)23(28-18-22)31-12-14-34-15-13-31/h3-7,16,18H,8-15,19H2,1-2H3,(H,29,33)/t25-,26+. The van der Waals surface area contributed by atoms with E-state index in [2.05, 4.69) is 70.6 Å². The first-order valence-electron chi connectivity index (χ1n) is 12.0. The average Bonchev–Trinajstić information content (AvgIpc) is 3.20. The average molecular weight is 461 g/mol. The van der Waals surface area contributed by atoms with Crippen molar-refractivity contribution in [1.82, 2.24) is 15.2 Å². The van der Waals surface area contributed by atoms with Crippen LogP contribution in [0, 0.1) is 11.3 Å². The number of ether oxygens (including phenoxy) is 1. The third kappa shape index (κ3) is 3.89. The van der Waals surface area contributed by atoms with Crippen LogP contribution in [-0.2, 0) is 10.3 Å². The fourth-order valence-electron chi connectivity index (χ4n) is 5.79. The Hall–Kier alpha value is -3.15. The van der Waals surface area contributed by atoms with E-state index in [0.29, 0.717) is 49.9 Å². The molecule has 1 N–H and O–H groups in total. The van der Waals surface area contributed by atoms with Gasteiger partial charge in [-0.3, -0.25) is 9.80 Å². The van der Waals surface area contributed by atoms with E-state index in [1.165, 1.54) is 5.56 Å². The lowest BCUT2D eigenvalue weighted by atomic mass is 9.69. The van der Waals surface area contributed by atoms with E-state index in [9.17, 15) is 10.1 Å². The molecule has 1 aromatic carbocycles. The molecule has 0 atom stereocenters. The number of nitrogens with one attached hydrogen (secondary N) is 1. The van der Waals surface area contributed by atoms with Crippen LogP contribution in [0.15, 0.2) is 42.6 Å². The van der Waals surface area contributed by atoms with E-state index in [1.54, 1.807) is 17.2 Å². The van der Waals surface area contributed by atoms with Crippen molar-refractivity contribution in [2.24, 2.45) is 0 Å². The fraction of sp³-hybridized carbons (Fsp3) is 0.500. The van der Waals surface area contributed by atoms with Crippen molar-refractivity contribution in [1.29, 1.82) is 5.26 Å². The van der Waals surface area contributed by atoms with Gasteiger partial charge in [0.2, 0.25) is 0 Å². The molecule has 0 radical (unpaired) electrons. The number of carbonyl (C=O) groups is 1. The summed E-state index contributed by atoms with van der Waals surface area (Å²) in [6.07, 6.45) is 5.45. The monoisotopic (exact) mass is 460 g/mol. The van der Waals surface area contributed by atoms with Gasteiger partial charge in [-0.05, 0) is 51.4 Å². The molecule has 3 fully saturated rings. The third-order valence-electron chi connectivity index (χ3n) is 7.87. The molecule has 0 bridgehead atoms. The normalized spacial score (nSPS) is 27.2. The van der Waals surface area contributed by atoms with Crippen molar-refractivity contribution in [3.8, 4) is 6.07 Å². The highest BCUT2D eigenvalue weighted by Crippen LogP contribution is 2.46. The zero-order valence-electron chi connectivity index (χ0n) is 20.0. The molecule has 2 saturated heterocycles. The van der Waals surface area contributed by atoms with E-state index >= 15 is 0 Å². The number of hydrogen-bond donors (Lipinski definition) is 1. The second-order valence-corrected chi connectivity index (χ2v) is 9.86. The van der Waals surface area contributed by atoms with E-state index in [-0.39, 0.29) is 17.1 Å². The maximum atomic E-state index is 13.1. The maximum absolute atomic E-state index is 13.1. The summed E-state index contributed by atoms with van der Waals surface area (Å²) >= 11 is 0. The lowest BCUT2D eigenvalue weighted by molar-refractivity contribution is 0.0658. The molecule has 34 heavy (non-hydrogen) atoms. The van der Waals surface area contributed by atoms with Gasteiger partial charge in [0, 0.05) is 18.6 Å². The molecule has 1 spiro atoms. The number of pyridine rings is 1. The van der Waals surface area contributed by atoms with Crippen LogP contribution >= 0.6 is 0 Å². The lowest BCUT2D eigenvalue weighted by Crippen LogP contribution is -2.54. The van der Waals surface area contributed by atoms with Gasteiger partial charge in [-0.25, -0.2) is 9.78 Å². The summed E-state index contributed by atoms with van der Waals surface area (Å²) in [6, 6.07) is 14.6. The largest absolute Gasteiger partial charge is 0.378 e. The van der Waals surface area contributed by atoms with Crippen molar-refractivity contribution in [2.75, 3.05) is 56.7 Å². The zero-order chi connectivity index (χ0) is 23.8. The number of nitriles is 1. The number of aromatic nitrogens is 1. The summed E-state index contributed by atoms with van der Waals surface area (Å²) in [6.45, 7) is 3.27. The molecule has 2 aromatic rings. The summed E-state index contributed by atoms with van der Waals surface area (Å²) in [5, 5.41) is 13.1. The maximum Gasteiger partial charge on any atom is 0.322 e. The van der Waals surface area contributed by atoms with Crippen LogP contribution in [0.5, 0.6) is 0 Å². The number of benzene rings is 1. The van der Waals surface area contributed by atoms with E-state index in [0.717, 1.165) is 25.7 Å². The molecule has 0 unspecified atom stereocenters. The number of anilines is 2. The topological polar surface area (TPSA) is 84.7 Å². The van der Waals surface area contributed by atoms with Crippen LogP contribution in [0.25, 0.3) is 0 Å². The molecule has 5 rings (SSSR count). The van der Waals surface area contributed by atoms with E-state index in [4.69, 9.17) is 4.74 Å². The molecule has 1 aliphatic carbocycles. The number of hydrogen-bond acceptors (Lipinski definition) is 6. The number of urea groups is 1. The Bertz CT molecular complexity index is 1080. The number of amides is 2. The molecule has 3 aliphatic rings. The number of morpholine rings is 1. The minimum atomic E-state index is -0.263. The number of carbonyl (C=O) groups excluding carboxylic acids is 1. The first-order valence-corrected chi connectivity index (χ1v) is 12.0. The Balaban J connectivity index is 1.35. The highest BCUT2D eigenvalue weighted by atomic mass is 16.5. The zero-order valence-corrected chi connectivity index (χ0v) is 20.0. The minimum absolute atomic E-state index is 0.0278. The van der Waals surface area contributed by atoms with Gasteiger partial charge in [-0.1, -0.05) is 30.3 Å². The molecule has 8 heteroatoms. The van der Waals surface area contributed by atoms with Crippen LogP contribution in [0.3, 0.4) is 0 Å². The van der Waals surface area contributed by atoms with E-state index < -0.39 is 0 Å². The first-order chi connectivity index (χ1) is 16.5. The van der Waals surface area contributed by atoms with Gasteiger partial charge in [0.1, 0.15) is 11.9 Å². The van der Waals surface area contributed by atoms with Gasteiger partial charge in [0.05, 0.1) is 42.7 Å². The minimum Gasteiger partial charge on any atom is -0.378 e. The third-order valence-corrected chi connectivity index (χ3v) is 7.87. The van der Waals surface area contributed by atoms with Gasteiger partial charge < -0.3 is 15.0 Å². The Morgan fingerprint density at radius 3 is 2.47 bits per heavy atom. The lowest BCUT2D eigenvalue weighted by Gasteiger charge is -2.48. The van der Waals surface area contributed by atoms with Crippen molar-refractivity contribution in [3.05, 3.63) is 53.7 Å². The summed E-state index contributed by atoms with van der Waals surface area (Å²) in [5.41, 5.74) is 2.21. The van der Waals surface area contributed by atoms with E-state index in [1.807, 2.05) is 0 Å². The summed E-state index contributed by atoms with van der Waals surface area (Å²) in [7, 11) is 4.30. The van der Waals surface area contributed by atoms with Gasteiger partial charge >= 0.3 is 6.03 Å². The predicted octanol–water partition coefficient (Wildman–Crippen LogP) is 3.09. The predicted molar refractivity (Wildman–Crippen MR) is 131 cm³/mol. The first kappa shape index (κ1) is 22.6. The van der Waals surface area contributed by atoms with Crippen LogP contribution < -0.4 is 15.1 Å². The molecule has 1 saturated carbocycles. The van der Waals surface area contributed by atoms with Crippen LogP contribution in [0.4, 0.5) is 16.3 Å². The quantitative estimate of drug-likeness (QED) is 0.755. The smallest absolute Gasteiger partial charge is 0.322 e. The van der Waals surface area contributed by atoms with Gasteiger partial charge in [0.25, 0.3) is 0 Å². The highest BCUT2D eigenvalue weighted by Gasteiger charge is 2.50. The molecule has 1 aromatic heterocycles. The molecule has 178 valence electrons.